The molecule has 25 heavy (non-hydrogen) atoms. The predicted molar refractivity (Wildman–Crippen MR) is 101 cm³/mol. The van der Waals surface area contributed by atoms with Gasteiger partial charge in [0.25, 0.3) is 9.04 Å². The average Bonchev–Trinajstić information content (AvgIpc) is 2.61. The number of hydrogen-bond acceptors (Lipinski definition) is 3. The highest BCUT2D eigenvalue weighted by Crippen LogP contribution is 2.41. The van der Waals surface area contributed by atoms with Crippen molar-refractivity contribution < 1.29 is 14.0 Å². The van der Waals surface area contributed by atoms with Gasteiger partial charge in [-0.25, -0.2) is 4.79 Å². The molecule has 2 aromatic carbocycles. The Labute approximate surface area is 151 Å². The van der Waals surface area contributed by atoms with Crippen molar-refractivity contribution in [2.45, 2.75) is 39.2 Å². The van der Waals surface area contributed by atoms with Crippen molar-refractivity contribution in [2.24, 2.45) is 5.41 Å². The van der Waals surface area contributed by atoms with Gasteiger partial charge in [0.2, 0.25) is 0 Å². The van der Waals surface area contributed by atoms with Crippen molar-refractivity contribution in [3.8, 4) is 0 Å². The maximum absolute atomic E-state index is 12.8. The highest BCUT2D eigenvalue weighted by Gasteiger charge is 2.54. The number of rotatable bonds is 4. The first-order chi connectivity index (χ1) is 11.9. The van der Waals surface area contributed by atoms with Gasteiger partial charge in [0.15, 0.2) is 5.60 Å². The lowest BCUT2D eigenvalue weighted by Crippen LogP contribution is -2.62. The van der Waals surface area contributed by atoms with Crippen LogP contribution in [0.25, 0.3) is 0 Å². The van der Waals surface area contributed by atoms with E-state index in [2.05, 4.69) is 45.0 Å². The summed E-state index contributed by atoms with van der Waals surface area (Å²) in [6.07, 6.45) is 1.53. The summed E-state index contributed by atoms with van der Waals surface area (Å²) in [6.45, 7) is 6.68. The third-order valence-corrected chi connectivity index (χ3v) is 7.06. The fourth-order valence-corrected chi connectivity index (χ4v) is 5.67. The zero-order valence-electron chi connectivity index (χ0n) is 15.1. The normalized spacial score (nSPS) is 21.2. The van der Waals surface area contributed by atoms with Gasteiger partial charge in [0.05, 0.1) is 6.61 Å². The topological polar surface area (TPSA) is 35.5 Å². The van der Waals surface area contributed by atoms with Crippen LogP contribution in [0.1, 0.15) is 33.6 Å². The number of carbonyl (C=O) groups is 1. The molecule has 0 N–H and O–H groups in total. The molecular weight excluding hydrogens is 328 g/mol. The highest BCUT2D eigenvalue weighted by atomic mass is 28.3. The fraction of sp³-hybridized carbons (Fsp3) is 0.381. The summed E-state index contributed by atoms with van der Waals surface area (Å²) in [7, 11) is -1.57. The molecule has 1 saturated heterocycles. The molecule has 0 aliphatic carbocycles. The quantitative estimate of drug-likeness (QED) is 0.626. The van der Waals surface area contributed by atoms with Gasteiger partial charge in [-0.15, -0.1) is 0 Å². The molecule has 1 aliphatic heterocycles. The molecule has 1 aliphatic rings. The molecule has 1 fully saturated rings. The van der Waals surface area contributed by atoms with Crippen LogP contribution in [0.3, 0.4) is 0 Å². The van der Waals surface area contributed by atoms with Crippen LogP contribution >= 0.6 is 0 Å². The van der Waals surface area contributed by atoms with Gasteiger partial charge in [0.1, 0.15) is 0 Å². The number of esters is 1. The van der Waals surface area contributed by atoms with E-state index >= 15 is 0 Å². The molecule has 4 heteroatoms. The van der Waals surface area contributed by atoms with Crippen molar-refractivity contribution in [1.82, 2.24) is 0 Å². The summed E-state index contributed by atoms with van der Waals surface area (Å²) in [4.78, 5) is 12.8. The second-order valence-corrected chi connectivity index (χ2v) is 9.50. The molecule has 131 valence electrons. The van der Waals surface area contributed by atoms with Crippen LogP contribution < -0.4 is 10.4 Å². The van der Waals surface area contributed by atoms with Crippen LogP contribution in [0.2, 0.25) is 0 Å². The predicted octanol–water partition coefficient (Wildman–Crippen LogP) is 2.93. The lowest BCUT2D eigenvalue weighted by molar-refractivity contribution is -0.183. The first-order valence-electron chi connectivity index (χ1n) is 8.78. The molecule has 1 unspecified atom stereocenters. The van der Waals surface area contributed by atoms with Crippen molar-refractivity contribution in [3.05, 3.63) is 60.7 Å². The zero-order chi connectivity index (χ0) is 17.9. The van der Waals surface area contributed by atoms with E-state index in [0.29, 0.717) is 13.0 Å². The Morgan fingerprint density at radius 3 is 1.92 bits per heavy atom. The summed E-state index contributed by atoms with van der Waals surface area (Å²) in [5.41, 5.74) is -1.25. The van der Waals surface area contributed by atoms with E-state index in [-0.39, 0.29) is 11.4 Å². The average molecular weight is 354 g/mol. The Kier molecular flexibility index (Phi) is 5.11. The summed E-state index contributed by atoms with van der Waals surface area (Å²) in [5.74, 6) is -0.222. The van der Waals surface area contributed by atoms with E-state index < -0.39 is 14.6 Å². The maximum atomic E-state index is 12.8. The largest absolute Gasteiger partial charge is 0.464 e. The van der Waals surface area contributed by atoms with Gasteiger partial charge in [-0.3, -0.25) is 0 Å². The van der Waals surface area contributed by atoms with Gasteiger partial charge >= 0.3 is 5.97 Å². The Bertz CT molecular complexity index is 669. The van der Waals surface area contributed by atoms with E-state index in [4.69, 9.17) is 9.16 Å². The molecule has 0 saturated carbocycles. The van der Waals surface area contributed by atoms with E-state index in [9.17, 15) is 4.79 Å². The summed E-state index contributed by atoms with van der Waals surface area (Å²) >= 11 is 0. The summed E-state index contributed by atoms with van der Waals surface area (Å²) in [5, 5.41) is 2.28. The van der Waals surface area contributed by atoms with Crippen LogP contribution in [0.4, 0.5) is 0 Å². The van der Waals surface area contributed by atoms with E-state index in [1.54, 1.807) is 0 Å². The highest BCUT2D eigenvalue weighted by molar-refractivity contribution is 6.80. The second-order valence-electron chi connectivity index (χ2n) is 7.48. The first-order valence-corrected chi connectivity index (χ1v) is 10.2. The molecule has 2 aromatic rings. The van der Waals surface area contributed by atoms with Crippen molar-refractivity contribution in [3.63, 3.8) is 0 Å². The zero-order valence-corrected chi connectivity index (χ0v) is 16.1. The second kappa shape index (κ2) is 7.14. The van der Waals surface area contributed by atoms with Crippen LogP contribution in [0, 0.1) is 5.41 Å². The molecule has 0 bridgehead atoms. The molecule has 3 nitrogen and oxygen atoms in total. The summed E-state index contributed by atoms with van der Waals surface area (Å²) in [6, 6.07) is 20.5. The summed E-state index contributed by atoms with van der Waals surface area (Å²) < 4.78 is 12.2. The van der Waals surface area contributed by atoms with Gasteiger partial charge in [-0.05, 0) is 23.2 Å². The minimum atomic E-state index is -1.57. The molecule has 0 spiro atoms. The third kappa shape index (κ3) is 3.55. The molecular formula is C21H25O3Si. The number of benzene rings is 2. The van der Waals surface area contributed by atoms with Gasteiger partial charge < -0.3 is 9.16 Å². The fourth-order valence-electron chi connectivity index (χ4n) is 3.27. The van der Waals surface area contributed by atoms with E-state index in [0.717, 1.165) is 16.8 Å². The van der Waals surface area contributed by atoms with Crippen molar-refractivity contribution in [2.75, 3.05) is 6.61 Å². The minimum absolute atomic E-state index is 0.222. The van der Waals surface area contributed by atoms with Gasteiger partial charge in [0, 0.05) is 5.41 Å². The van der Waals surface area contributed by atoms with Gasteiger partial charge in [-0.2, -0.15) is 0 Å². The molecule has 3 rings (SSSR count). The Hall–Kier alpha value is -1.91. The first kappa shape index (κ1) is 17.9. The number of hydrogen-bond donors (Lipinski definition) is 0. The van der Waals surface area contributed by atoms with Crippen LogP contribution in [-0.4, -0.2) is 27.2 Å². The minimum Gasteiger partial charge on any atom is -0.464 e. The van der Waals surface area contributed by atoms with Crippen LogP contribution in [-0.2, 0) is 14.0 Å². The lowest BCUT2D eigenvalue weighted by Gasteiger charge is -2.46. The smallest absolute Gasteiger partial charge is 0.337 e. The molecule has 0 aromatic heterocycles. The van der Waals surface area contributed by atoms with Crippen molar-refractivity contribution in [1.29, 1.82) is 0 Å². The van der Waals surface area contributed by atoms with Gasteiger partial charge in [-0.1, -0.05) is 81.4 Å². The Balaban J connectivity index is 2.05. The third-order valence-electron chi connectivity index (χ3n) is 4.80. The lowest BCUT2D eigenvalue weighted by atomic mass is 9.73. The number of ether oxygens (including phenoxy) is 1. The van der Waals surface area contributed by atoms with Crippen LogP contribution in [0.5, 0.6) is 0 Å². The monoisotopic (exact) mass is 353 g/mol. The molecule has 0 amide bonds. The maximum Gasteiger partial charge on any atom is 0.337 e. The Morgan fingerprint density at radius 2 is 1.48 bits per heavy atom. The SMILES string of the molecule is CC(C)(C)C1(O[Si](c2ccccc2)c2ccccc2)CCCOC1=O. The Morgan fingerprint density at radius 1 is 0.960 bits per heavy atom. The number of carbonyl (C=O) groups excluding carboxylic acids is 1. The molecule has 1 atom stereocenters. The molecule has 1 heterocycles. The molecule has 1 radical (unpaired) electrons. The van der Waals surface area contributed by atoms with E-state index in [1.165, 1.54) is 0 Å². The van der Waals surface area contributed by atoms with Crippen LogP contribution in [0.15, 0.2) is 60.7 Å². The van der Waals surface area contributed by atoms with Crippen molar-refractivity contribution >= 4 is 25.4 Å². The number of cyclic esters (lactones) is 1. The standard InChI is InChI=1S/C21H25O3Si/c1-20(2,3)21(15-10-16-23-19(21)22)24-25(17-11-6-4-7-12-17)18-13-8-5-9-14-18/h4-9,11-14H,10,15-16H2,1-3H3. The van der Waals surface area contributed by atoms with E-state index in [1.807, 2.05) is 36.4 Å².